The molecule has 6 nitrogen and oxygen atoms in total. The minimum Gasteiger partial charge on any atom is -0.396 e. The monoisotopic (exact) mass is 342 g/mol. The van der Waals surface area contributed by atoms with Crippen LogP contribution in [0, 0.1) is 5.92 Å². The fourth-order valence-electron chi connectivity index (χ4n) is 3.53. The van der Waals surface area contributed by atoms with Gasteiger partial charge in [-0.25, -0.2) is 0 Å². The number of hydrogen-bond donors (Lipinski definition) is 2. The Kier molecular flexibility index (Phi) is 5.81. The fourth-order valence-corrected chi connectivity index (χ4v) is 3.53. The maximum atomic E-state index is 12.6. The van der Waals surface area contributed by atoms with Crippen LogP contribution in [0.15, 0.2) is 30.6 Å². The number of carbonyl (C=O) groups is 1. The molecular weight excluding hydrogens is 316 g/mol. The number of benzene rings is 1. The molecule has 3 rings (SSSR count). The van der Waals surface area contributed by atoms with Gasteiger partial charge in [-0.1, -0.05) is 31.4 Å². The van der Waals surface area contributed by atoms with Crippen molar-refractivity contribution in [1.82, 2.24) is 20.1 Å². The van der Waals surface area contributed by atoms with Crippen molar-refractivity contribution in [2.75, 3.05) is 6.61 Å². The molecule has 2 aromatic rings. The van der Waals surface area contributed by atoms with Crippen LogP contribution in [0.5, 0.6) is 0 Å². The van der Waals surface area contributed by atoms with Crippen LogP contribution in [0.1, 0.15) is 49.4 Å². The summed E-state index contributed by atoms with van der Waals surface area (Å²) in [4.78, 5) is 12.6. The maximum Gasteiger partial charge on any atom is 0.251 e. The Bertz CT molecular complexity index is 696. The Morgan fingerprint density at radius 1 is 1.24 bits per heavy atom. The van der Waals surface area contributed by atoms with Gasteiger partial charge in [0.25, 0.3) is 5.91 Å². The van der Waals surface area contributed by atoms with Crippen molar-refractivity contribution >= 4 is 5.91 Å². The summed E-state index contributed by atoms with van der Waals surface area (Å²) in [5.74, 6) is 0.890. The van der Waals surface area contributed by atoms with Gasteiger partial charge in [-0.15, -0.1) is 10.2 Å². The van der Waals surface area contributed by atoms with Gasteiger partial charge in [0.05, 0.1) is 0 Å². The van der Waals surface area contributed by atoms with E-state index >= 15 is 0 Å². The number of rotatable bonds is 5. The lowest BCUT2D eigenvalue weighted by Gasteiger charge is -2.24. The summed E-state index contributed by atoms with van der Waals surface area (Å²) in [7, 11) is 0. The molecule has 1 saturated carbocycles. The van der Waals surface area contributed by atoms with E-state index in [1.54, 1.807) is 6.33 Å². The number of aromatic nitrogens is 3. The van der Waals surface area contributed by atoms with Gasteiger partial charge in [0.15, 0.2) is 5.82 Å². The van der Waals surface area contributed by atoms with Crippen molar-refractivity contribution in [3.63, 3.8) is 0 Å². The standard InChI is InChI=1S/C19H26N4O2/c1-2-23-13-20-22-18(23)14-8-10-15(11-9-14)19(25)21-17-7-5-3-4-6-16(17)12-24/h8-11,13,16-17,24H,2-7,12H2,1H3,(H,21,25). The Morgan fingerprint density at radius 2 is 2.00 bits per heavy atom. The molecule has 0 saturated heterocycles. The third-order valence-corrected chi connectivity index (χ3v) is 5.07. The second-order valence-electron chi connectivity index (χ2n) is 6.68. The lowest BCUT2D eigenvalue weighted by molar-refractivity contribution is 0.0899. The number of carbonyl (C=O) groups excluding carboxylic acids is 1. The topological polar surface area (TPSA) is 80.0 Å². The van der Waals surface area contributed by atoms with Gasteiger partial charge in [-0.05, 0) is 31.9 Å². The number of amides is 1. The van der Waals surface area contributed by atoms with Gasteiger partial charge in [0.1, 0.15) is 6.33 Å². The van der Waals surface area contributed by atoms with E-state index in [2.05, 4.69) is 15.5 Å². The highest BCUT2D eigenvalue weighted by atomic mass is 16.3. The lowest BCUT2D eigenvalue weighted by Crippen LogP contribution is -2.41. The molecule has 0 radical (unpaired) electrons. The first-order valence-electron chi connectivity index (χ1n) is 9.13. The first kappa shape index (κ1) is 17.6. The molecule has 1 aromatic carbocycles. The van der Waals surface area contributed by atoms with E-state index in [1.807, 2.05) is 35.8 Å². The summed E-state index contributed by atoms with van der Waals surface area (Å²) in [6, 6.07) is 7.51. The maximum absolute atomic E-state index is 12.6. The minimum absolute atomic E-state index is 0.0582. The zero-order chi connectivity index (χ0) is 17.6. The average Bonchev–Trinajstić information content (AvgIpc) is 3.01. The molecule has 2 unspecified atom stereocenters. The summed E-state index contributed by atoms with van der Waals surface area (Å²) in [6.07, 6.45) is 7.03. The molecule has 1 fully saturated rings. The van der Waals surface area contributed by atoms with Crippen LogP contribution in [0.2, 0.25) is 0 Å². The second-order valence-corrected chi connectivity index (χ2v) is 6.68. The van der Waals surface area contributed by atoms with E-state index in [0.717, 1.165) is 43.6 Å². The molecule has 1 aliphatic carbocycles. The zero-order valence-corrected chi connectivity index (χ0v) is 14.7. The number of nitrogens with zero attached hydrogens (tertiary/aromatic N) is 3. The molecule has 0 spiro atoms. The first-order chi connectivity index (χ1) is 12.2. The van der Waals surface area contributed by atoms with Crippen LogP contribution in [-0.2, 0) is 6.54 Å². The van der Waals surface area contributed by atoms with Gasteiger partial charge in [0, 0.05) is 36.2 Å². The molecule has 2 N–H and O–H groups in total. The highest BCUT2D eigenvalue weighted by Crippen LogP contribution is 2.24. The van der Waals surface area contributed by atoms with Crippen LogP contribution in [0.25, 0.3) is 11.4 Å². The van der Waals surface area contributed by atoms with Crippen molar-refractivity contribution in [1.29, 1.82) is 0 Å². The molecule has 1 heterocycles. The third-order valence-electron chi connectivity index (χ3n) is 5.07. The molecular formula is C19H26N4O2. The summed E-state index contributed by atoms with van der Waals surface area (Å²) < 4.78 is 1.96. The molecule has 2 atom stereocenters. The van der Waals surface area contributed by atoms with Crippen molar-refractivity contribution in [2.24, 2.45) is 5.92 Å². The predicted molar refractivity (Wildman–Crippen MR) is 96.0 cm³/mol. The van der Waals surface area contributed by atoms with Crippen LogP contribution in [0.3, 0.4) is 0 Å². The summed E-state index contributed by atoms with van der Waals surface area (Å²) in [5.41, 5.74) is 1.57. The van der Waals surface area contributed by atoms with E-state index in [4.69, 9.17) is 0 Å². The number of hydrogen-bond acceptors (Lipinski definition) is 4. The van der Waals surface area contributed by atoms with Crippen LogP contribution >= 0.6 is 0 Å². The fraction of sp³-hybridized carbons (Fsp3) is 0.526. The summed E-state index contributed by atoms with van der Waals surface area (Å²) in [6.45, 7) is 2.98. The molecule has 1 aliphatic rings. The van der Waals surface area contributed by atoms with E-state index < -0.39 is 0 Å². The molecule has 0 aliphatic heterocycles. The van der Waals surface area contributed by atoms with Crippen LogP contribution < -0.4 is 5.32 Å². The normalized spacial score (nSPS) is 20.9. The Hall–Kier alpha value is -2.21. The smallest absolute Gasteiger partial charge is 0.251 e. The number of aliphatic hydroxyl groups is 1. The molecule has 6 heteroatoms. The van der Waals surface area contributed by atoms with Crippen molar-refractivity contribution in [3.8, 4) is 11.4 Å². The highest BCUT2D eigenvalue weighted by Gasteiger charge is 2.25. The average molecular weight is 342 g/mol. The van der Waals surface area contributed by atoms with E-state index in [0.29, 0.717) is 5.56 Å². The van der Waals surface area contributed by atoms with Gasteiger partial charge in [0.2, 0.25) is 0 Å². The number of nitrogens with one attached hydrogen (secondary N) is 1. The Labute approximate surface area is 148 Å². The summed E-state index contributed by atoms with van der Waals surface area (Å²) >= 11 is 0. The number of aryl methyl sites for hydroxylation is 1. The second kappa shape index (κ2) is 8.25. The van der Waals surface area contributed by atoms with Crippen molar-refractivity contribution in [3.05, 3.63) is 36.2 Å². The lowest BCUT2D eigenvalue weighted by atomic mass is 9.95. The Morgan fingerprint density at radius 3 is 2.72 bits per heavy atom. The highest BCUT2D eigenvalue weighted by molar-refractivity contribution is 5.94. The van der Waals surface area contributed by atoms with E-state index in [9.17, 15) is 9.90 Å². The van der Waals surface area contributed by atoms with Crippen molar-refractivity contribution < 1.29 is 9.90 Å². The van der Waals surface area contributed by atoms with E-state index in [1.165, 1.54) is 6.42 Å². The van der Waals surface area contributed by atoms with Crippen molar-refractivity contribution in [2.45, 2.75) is 51.6 Å². The van der Waals surface area contributed by atoms with Crippen LogP contribution in [-0.4, -0.2) is 38.4 Å². The number of aliphatic hydroxyl groups excluding tert-OH is 1. The van der Waals surface area contributed by atoms with Gasteiger partial charge in [-0.3, -0.25) is 4.79 Å². The molecule has 0 bridgehead atoms. The molecule has 25 heavy (non-hydrogen) atoms. The predicted octanol–water partition coefficient (Wildman–Crippen LogP) is 2.64. The first-order valence-corrected chi connectivity index (χ1v) is 9.13. The Balaban J connectivity index is 1.70. The van der Waals surface area contributed by atoms with Gasteiger partial charge in [-0.2, -0.15) is 0 Å². The quantitative estimate of drug-likeness (QED) is 0.819. The van der Waals surface area contributed by atoms with Gasteiger partial charge >= 0.3 is 0 Å². The zero-order valence-electron chi connectivity index (χ0n) is 14.7. The molecule has 1 amide bonds. The van der Waals surface area contributed by atoms with Gasteiger partial charge < -0.3 is 15.0 Å². The summed E-state index contributed by atoms with van der Waals surface area (Å²) in [5, 5.41) is 20.8. The molecule has 1 aromatic heterocycles. The third kappa shape index (κ3) is 4.07. The SMILES string of the molecule is CCn1cnnc1-c1ccc(C(=O)NC2CCCCCC2CO)cc1. The minimum atomic E-state index is -0.0751. The van der Waals surface area contributed by atoms with Crippen LogP contribution in [0.4, 0.5) is 0 Å². The van der Waals surface area contributed by atoms with E-state index in [-0.39, 0.29) is 24.5 Å². The largest absolute Gasteiger partial charge is 0.396 e. The molecule has 134 valence electrons.